The van der Waals surface area contributed by atoms with E-state index in [0.717, 1.165) is 24.2 Å². The van der Waals surface area contributed by atoms with Crippen molar-refractivity contribution >= 4 is 23.0 Å². The minimum Gasteiger partial charge on any atom is -0.376 e. The highest BCUT2D eigenvalue weighted by atomic mass is 32.1. The second kappa shape index (κ2) is 6.09. The van der Waals surface area contributed by atoms with Crippen LogP contribution in [0.15, 0.2) is 24.3 Å². The molecule has 0 amide bonds. The fourth-order valence-corrected chi connectivity index (χ4v) is 1.74. The van der Waals surface area contributed by atoms with Crippen molar-refractivity contribution in [2.75, 3.05) is 11.4 Å². The van der Waals surface area contributed by atoms with E-state index in [0.29, 0.717) is 11.5 Å². The van der Waals surface area contributed by atoms with Gasteiger partial charge in [-0.3, -0.25) is 0 Å². The Morgan fingerprint density at radius 3 is 2.50 bits per heavy atom. The summed E-state index contributed by atoms with van der Waals surface area (Å²) in [6, 6.07) is 10.1. The predicted octanol–water partition coefficient (Wildman–Crippen LogP) is 2.21. The standard InChI is InChI=1S/C12H15N3S/c1-2-15(12(14)16)11-7-5-10(6-8-11)4-3-9-13/h5-8H,2-4H2,1H3,(H2,14,16). The van der Waals surface area contributed by atoms with Crippen LogP contribution >= 0.6 is 12.2 Å². The second-order valence-electron chi connectivity index (χ2n) is 3.41. The van der Waals surface area contributed by atoms with Gasteiger partial charge in [-0.1, -0.05) is 12.1 Å². The lowest BCUT2D eigenvalue weighted by Gasteiger charge is -2.20. The highest BCUT2D eigenvalue weighted by Crippen LogP contribution is 2.15. The van der Waals surface area contributed by atoms with Crippen LogP contribution in [0.1, 0.15) is 18.9 Å². The van der Waals surface area contributed by atoms with Gasteiger partial charge in [0.2, 0.25) is 0 Å². The van der Waals surface area contributed by atoms with Crippen LogP contribution in [0.25, 0.3) is 0 Å². The molecule has 0 heterocycles. The summed E-state index contributed by atoms with van der Waals surface area (Å²) in [5.41, 5.74) is 7.76. The van der Waals surface area contributed by atoms with Crippen LogP contribution < -0.4 is 10.6 Å². The summed E-state index contributed by atoms with van der Waals surface area (Å²) in [7, 11) is 0. The lowest BCUT2D eigenvalue weighted by atomic mass is 10.1. The molecule has 0 atom stereocenters. The van der Waals surface area contributed by atoms with E-state index in [1.807, 2.05) is 36.1 Å². The minimum absolute atomic E-state index is 0.382. The molecule has 3 nitrogen and oxygen atoms in total. The summed E-state index contributed by atoms with van der Waals surface area (Å²) in [5, 5.41) is 8.87. The van der Waals surface area contributed by atoms with Gasteiger partial charge >= 0.3 is 0 Å². The van der Waals surface area contributed by atoms with Crippen molar-refractivity contribution in [3.63, 3.8) is 0 Å². The largest absolute Gasteiger partial charge is 0.376 e. The average Bonchev–Trinajstić information content (AvgIpc) is 2.28. The number of nitrogens with two attached hydrogens (primary N) is 1. The minimum atomic E-state index is 0.382. The van der Waals surface area contributed by atoms with Gasteiger partial charge in [-0.05, 0) is 43.3 Å². The van der Waals surface area contributed by atoms with Gasteiger partial charge < -0.3 is 10.6 Å². The molecule has 0 unspecified atom stereocenters. The van der Waals surface area contributed by atoms with E-state index < -0.39 is 0 Å². The van der Waals surface area contributed by atoms with Crippen molar-refractivity contribution in [2.45, 2.75) is 19.8 Å². The van der Waals surface area contributed by atoms with E-state index >= 15 is 0 Å². The van der Waals surface area contributed by atoms with Crippen LogP contribution in [0, 0.1) is 11.3 Å². The first-order chi connectivity index (χ1) is 7.69. The number of aryl methyl sites for hydroxylation is 1. The van der Waals surface area contributed by atoms with E-state index in [-0.39, 0.29) is 0 Å². The fraction of sp³-hybridized carbons (Fsp3) is 0.333. The molecular formula is C12H15N3S. The number of hydrogen-bond donors (Lipinski definition) is 1. The Morgan fingerprint density at radius 1 is 1.44 bits per heavy atom. The van der Waals surface area contributed by atoms with Gasteiger partial charge in [0, 0.05) is 18.7 Å². The van der Waals surface area contributed by atoms with Crippen LogP contribution in [-0.4, -0.2) is 11.7 Å². The molecule has 16 heavy (non-hydrogen) atoms. The normalized spacial score (nSPS) is 9.50. The van der Waals surface area contributed by atoms with E-state index in [1.165, 1.54) is 0 Å². The Kier molecular flexibility index (Phi) is 4.74. The van der Waals surface area contributed by atoms with E-state index in [2.05, 4.69) is 6.07 Å². The number of rotatable bonds is 4. The summed E-state index contributed by atoms with van der Waals surface area (Å²) >= 11 is 4.96. The maximum absolute atomic E-state index is 8.49. The fourth-order valence-electron chi connectivity index (χ4n) is 1.51. The molecule has 1 aromatic carbocycles. The zero-order valence-electron chi connectivity index (χ0n) is 9.31. The average molecular weight is 233 g/mol. The molecule has 84 valence electrons. The van der Waals surface area contributed by atoms with Gasteiger partial charge in [-0.2, -0.15) is 5.26 Å². The molecule has 0 fully saturated rings. The summed E-state index contributed by atoms with van der Waals surface area (Å²) in [6.07, 6.45) is 1.34. The first kappa shape index (κ1) is 12.5. The summed E-state index contributed by atoms with van der Waals surface area (Å²) in [5.74, 6) is 0. The molecule has 0 radical (unpaired) electrons. The maximum Gasteiger partial charge on any atom is 0.170 e. The Bertz CT molecular complexity index is 392. The van der Waals surface area contributed by atoms with Crippen molar-refractivity contribution < 1.29 is 0 Å². The monoisotopic (exact) mass is 233 g/mol. The SMILES string of the molecule is CCN(C(N)=S)c1ccc(CCC#N)cc1. The summed E-state index contributed by atoms with van der Waals surface area (Å²) in [4.78, 5) is 1.86. The molecule has 0 aliphatic heterocycles. The Labute approximate surface area is 101 Å². The Morgan fingerprint density at radius 2 is 2.06 bits per heavy atom. The molecular weight excluding hydrogens is 218 g/mol. The number of hydrogen-bond acceptors (Lipinski definition) is 2. The third-order valence-corrected chi connectivity index (χ3v) is 2.58. The highest BCUT2D eigenvalue weighted by Gasteiger charge is 2.05. The quantitative estimate of drug-likeness (QED) is 0.810. The van der Waals surface area contributed by atoms with Crippen LogP contribution in [0.2, 0.25) is 0 Å². The molecule has 0 bridgehead atoms. The molecule has 0 aliphatic carbocycles. The van der Waals surface area contributed by atoms with Crippen LogP contribution in [0.3, 0.4) is 0 Å². The lowest BCUT2D eigenvalue weighted by molar-refractivity contribution is 1.01. The molecule has 1 rings (SSSR count). The highest BCUT2D eigenvalue weighted by molar-refractivity contribution is 7.80. The molecule has 1 aromatic rings. The van der Waals surface area contributed by atoms with E-state index in [1.54, 1.807) is 0 Å². The predicted molar refractivity (Wildman–Crippen MR) is 70.2 cm³/mol. The van der Waals surface area contributed by atoms with Crippen molar-refractivity contribution in [1.82, 2.24) is 0 Å². The second-order valence-corrected chi connectivity index (χ2v) is 3.83. The Hall–Kier alpha value is -1.60. The van der Waals surface area contributed by atoms with E-state index in [4.69, 9.17) is 23.2 Å². The van der Waals surface area contributed by atoms with Gasteiger partial charge in [0.1, 0.15) is 0 Å². The number of nitrogens with zero attached hydrogens (tertiary/aromatic N) is 2. The topological polar surface area (TPSA) is 53.0 Å². The van der Waals surface area contributed by atoms with Gasteiger partial charge in [0.05, 0.1) is 6.07 Å². The number of anilines is 1. The van der Waals surface area contributed by atoms with E-state index in [9.17, 15) is 0 Å². The third kappa shape index (κ3) is 3.21. The van der Waals surface area contributed by atoms with Crippen molar-refractivity contribution in [3.8, 4) is 6.07 Å². The number of benzene rings is 1. The lowest BCUT2D eigenvalue weighted by Crippen LogP contribution is -2.35. The van der Waals surface area contributed by atoms with Crippen molar-refractivity contribution in [3.05, 3.63) is 29.8 Å². The molecule has 2 N–H and O–H groups in total. The van der Waals surface area contributed by atoms with Crippen LogP contribution in [-0.2, 0) is 6.42 Å². The molecule has 0 saturated heterocycles. The third-order valence-electron chi connectivity index (χ3n) is 2.36. The van der Waals surface area contributed by atoms with Gasteiger partial charge in [-0.25, -0.2) is 0 Å². The maximum atomic E-state index is 8.49. The molecule has 0 saturated carbocycles. The molecule has 0 aliphatic rings. The van der Waals surface area contributed by atoms with Gasteiger partial charge in [-0.15, -0.1) is 0 Å². The first-order valence-corrected chi connectivity index (χ1v) is 5.62. The molecule has 0 aromatic heterocycles. The molecule has 4 heteroatoms. The molecule has 0 spiro atoms. The Balaban J connectivity index is 2.77. The summed E-state index contributed by atoms with van der Waals surface area (Å²) < 4.78 is 0. The van der Waals surface area contributed by atoms with Gasteiger partial charge in [0.15, 0.2) is 5.11 Å². The number of thiocarbonyl (C=S) groups is 1. The smallest absolute Gasteiger partial charge is 0.170 e. The van der Waals surface area contributed by atoms with Crippen LogP contribution in [0.5, 0.6) is 0 Å². The zero-order valence-corrected chi connectivity index (χ0v) is 10.1. The summed E-state index contributed by atoms with van der Waals surface area (Å²) in [6.45, 7) is 2.76. The number of nitriles is 1. The van der Waals surface area contributed by atoms with Crippen molar-refractivity contribution in [2.24, 2.45) is 5.73 Å². The van der Waals surface area contributed by atoms with Crippen molar-refractivity contribution in [1.29, 1.82) is 5.26 Å². The van der Waals surface area contributed by atoms with Gasteiger partial charge in [0.25, 0.3) is 0 Å². The van der Waals surface area contributed by atoms with Crippen LogP contribution in [0.4, 0.5) is 5.69 Å². The zero-order chi connectivity index (χ0) is 12.0. The first-order valence-electron chi connectivity index (χ1n) is 5.22.